The first-order valence-corrected chi connectivity index (χ1v) is 11.1. The van der Waals surface area contributed by atoms with Gasteiger partial charge in [-0.15, -0.1) is 0 Å². The molecule has 2 heterocycles. The normalized spacial score (nSPS) is 22.0. The standard InChI is InChI=1S/C18H19F3N4O6S/c1-32(30,31)24-9-4-2-3-8(7-9)12(22)15(26)23-13-11-6-5-10(18(19,20)21)14(17(28)29)25(11)16(13)27/h2-4,7,11-13,24H,5-6,22H2,1H3,(H,23,26)(H,28,29)/t11-,12-,13+/m1/s1. The third-order valence-corrected chi connectivity index (χ3v) is 5.72. The SMILES string of the molecule is CS(=O)(=O)Nc1cccc([C@@H](N)C(=O)N[C@@H]2C(=O)N3C(C(=O)O)=C(C(F)(F)F)CC[C@H]23)c1. The number of nitrogens with two attached hydrogens (primary N) is 1. The second-order valence-corrected chi connectivity index (χ2v) is 9.16. The van der Waals surface area contributed by atoms with Crippen molar-refractivity contribution in [3.63, 3.8) is 0 Å². The largest absolute Gasteiger partial charge is 0.477 e. The molecular formula is C18H19F3N4O6S. The number of hydrogen-bond donors (Lipinski definition) is 4. The molecular weight excluding hydrogens is 457 g/mol. The van der Waals surface area contributed by atoms with Crippen molar-refractivity contribution in [2.75, 3.05) is 11.0 Å². The van der Waals surface area contributed by atoms with Gasteiger partial charge in [0, 0.05) is 5.69 Å². The van der Waals surface area contributed by atoms with E-state index >= 15 is 0 Å². The Morgan fingerprint density at radius 2 is 1.97 bits per heavy atom. The fraction of sp³-hybridized carbons (Fsp3) is 0.389. The molecule has 2 aliphatic heterocycles. The number of benzene rings is 1. The number of carbonyl (C=O) groups is 3. The van der Waals surface area contributed by atoms with E-state index in [9.17, 15) is 41.1 Å². The number of alkyl halides is 3. The van der Waals surface area contributed by atoms with Crippen LogP contribution < -0.4 is 15.8 Å². The van der Waals surface area contributed by atoms with E-state index in [0.29, 0.717) is 4.90 Å². The van der Waals surface area contributed by atoms with Crippen LogP contribution in [0.1, 0.15) is 24.4 Å². The van der Waals surface area contributed by atoms with Crippen molar-refractivity contribution in [2.45, 2.75) is 37.1 Å². The number of aliphatic carboxylic acids is 1. The fourth-order valence-electron chi connectivity index (χ4n) is 3.74. The predicted octanol–water partition coefficient (Wildman–Crippen LogP) is 0.448. The van der Waals surface area contributed by atoms with Crippen LogP contribution in [0.25, 0.3) is 0 Å². The first kappa shape index (κ1) is 23.5. The maximum atomic E-state index is 13.2. The number of β-lactam (4-membered cyclic amide) rings is 1. The number of hydrogen-bond acceptors (Lipinski definition) is 6. The summed E-state index contributed by atoms with van der Waals surface area (Å²) >= 11 is 0. The average molecular weight is 476 g/mol. The number of sulfonamides is 1. The van der Waals surface area contributed by atoms with Gasteiger partial charge in [0.05, 0.1) is 17.9 Å². The number of nitrogens with one attached hydrogen (secondary N) is 2. The number of allylic oxidation sites excluding steroid dienone is 1. The monoisotopic (exact) mass is 476 g/mol. The van der Waals surface area contributed by atoms with E-state index in [1.807, 2.05) is 0 Å². The minimum absolute atomic E-state index is 0.155. The van der Waals surface area contributed by atoms with Crippen LogP contribution in [0, 0.1) is 0 Å². The van der Waals surface area contributed by atoms with Gasteiger partial charge in [0.15, 0.2) is 0 Å². The number of fused-ring (bicyclic) bond motifs is 1. The number of carbonyl (C=O) groups excluding carboxylic acids is 2. The Morgan fingerprint density at radius 3 is 2.53 bits per heavy atom. The number of amides is 2. The second-order valence-electron chi connectivity index (χ2n) is 7.41. The molecule has 0 aliphatic carbocycles. The number of rotatable bonds is 6. The van der Waals surface area contributed by atoms with Crippen molar-refractivity contribution in [3.8, 4) is 0 Å². The predicted molar refractivity (Wildman–Crippen MR) is 104 cm³/mol. The van der Waals surface area contributed by atoms with Gasteiger partial charge in [0.1, 0.15) is 17.8 Å². The first-order valence-electron chi connectivity index (χ1n) is 9.21. The Morgan fingerprint density at radius 1 is 1.31 bits per heavy atom. The molecule has 0 aromatic heterocycles. The molecule has 2 aliphatic rings. The molecule has 1 fully saturated rings. The summed E-state index contributed by atoms with van der Waals surface area (Å²) < 4.78 is 64.4. The Kier molecular flexibility index (Phi) is 5.95. The molecule has 3 atom stereocenters. The molecule has 5 N–H and O–H groups in total. The van der Waals surface area contributed by atoms with Crippen molar-refractivity contribution in [2.24, 2.45) is 5.73 Å². The van der Waals surface area contributed by atoms with Crippen LogP contribution in [-0.4, -0.2) is 60.7 Å². The molecule has 1 aromatic carbocycles. The Bertz CT molecular complexity index is 1120. The second kappa shape index (κ2) is 8.09. The third kappa shape index (κ3) is 4.55. The van der Waals surface area contributed by atoms with Crippen molar-refractivity contribution in [3.05, 3.63) is 41.1 Å². The lowest BCUT2D eigenvalue weighted by atomic mass is 9.83. The van der Waals surface area contributed by atoms with Gasteiger partial charge in [0.2, 0.25) is 15.9 Å². The van der Waals surface area contributed by atoms with Crippen LogP contribution >= 0.6 is 0 Å². The first-order chi connectivity index (χ1) is 14.7. The van der Waals surface area contributed by atoms with Gasteiger partial charge in [-0.2, -0.15) is 13.2 Å². The molecule has 0 unspecified atom stereocenters. The third-order valence-electron chi connectivity index (χ3n) is 5.11. The van der Waals surface area contributed by atoms with E-state index in [0.717, 1.165) is 6.26 Å². The van der Waals surface area contributed by atoms with Gasteiger partial charge in [-0.1, -0.05) is 12.1 Å². The van der Waals surface area contributed by atoms with Gasteiger partial charge in [-0.05, 0) is 30.5 Å². The zero-order chi connectivity index (χ0) is 24.0. The van der Waals surface area contributed by atoms with E-state index in [-0.39, 0.29) is 17.7 Å². The molecule has 0 radical (unpaired) electrons. The Labute approximate surface area is 180 Å². The molecule has 0 saturated carbocycles. The summed E-state index contributed by atoms with van der Waals surface area (Å²) in [5.74, 6) is -3.70. The van der Waals surface area contributed by atoms with Crippen LogP contribution in [0.3, 0.4) is 0 Å². The lowest BCUT2D eigenvalue weighted by Gasteiger charge is -2.50. The van der Waals surface area contributed by atoms with E-state index < -0.39 is 69.8 Å². The number of carboxylic acids is 1. The zero-order valence-electron chi connectivity index (χ0n) is 16.5. The average Bonchev–Trinajstić information content (AvgIpc) is 2.68. The molecule has 10 nitrogen and oxygen atoms in total. The molecule has 14 heteroatoms. The quantitative estimate of drug-likeness (QED) is 0.434. The van der Waals surface area contributed by atoms with Gasteiger partial charge in [-0.25, -0.2) is 13.2 Å². The minimum Gasteiger partial charge on any atom is -0.477 e. The van der Waals surface area contributed by atoms with Crippen molar-refractivity contribution >= 4 is 33.5 Å². The van der Waals surface area contributed by atoms with Crippen LogP contribution in [-0.2, 0) is 24.4 Å². The van der Waals surface area contributed by atoms with E-state index in [4.69, 9.17) is 5.73 Å². The molecule has 0 bridgehead atoms. The topological polar surface area (TPSA) is 159 Å². The van der Waals surface area contributed by atoms with Crippen LogP contribution in [0.5, 0.6) is 0 Å². The number of anilines is 1. The summed E-state index contributed by atoms with van der Waals surface area (Å²) in [6.45, 7) is 0. The fourth-order valence-corrected chi connectivity index (χ4v) is 4.30. The van der Waals surface area contributed by atoms with Crippen LogP contribution in [0.15, 0.2) is 35.5 Å². The zero-order valence-corrected chi connectivity index (χ0v) is 17.3. The van der Waals surface area contributed by atoms with Crippen LogP contribution in [0.2, 0.25) is 0 Å². The highest BCUT2D eigenvalue weighted by molar-refractivity contribution is 7.92. The lowest BCUT2D eigenvalue weighted by molar-refractivity contribution is -0.159. The van der Waals surface area contributed by atoms with Gasteiger partial charge >= 0.3 is 12.1 Å². The Hall–Kier alpha value is -3.13. The maximum Gasteiger partial charge on any atom is 0.414 e. The van der Waals surface area contributed by atoms with E-state index in [1.54, 1.807) is 0 Å². The highest BCUT2D eigenvalue weighted by Gasteiger charge is 2.56. The minimum atomic E-state index is -4.90. The summed E-state index contributed by atoms with van der Waals surface area (Å²) in [6, 6.07) is 2.17. The number of nitrogens with zero attached hydrogens (tertiary/aromatic N) is 1. The van der Waals surface area contributed by atoms with E-state index in [2.05, 4.69) is 10.0 Å². The molecule has 1 saturated heterocycles. The molecule has 0 spiro atoms. The molecule has 32 heavy (non-hydrogen) atoms. The summed E-state index contributed by atoms with van der Waals surface area (Å²) in [5, 5.41) is 11.6. The Balaban J connectivity index is 1.75. The summed E-state index contributed by atoms with van der Waals surface area (Å²) in [4.78, 5) is 36.9. The van der Waals surface area contributed by atoms with Crippen LogP contribution in [0.4, 0.5) is 18.9 Å². The maximum absolute atomic E-state index is 13.2. The lowest BCUT2D eigenvalue weighted by Crippen LogP contribution is -2.72. The van der Waals surface area contributed by atoms with Crippen molar-refractivity contribution in [1.82, 2.24) is 10.2 Å². The van der Waals surface area contributed by atoms with Gasteiger partial charge < -0.3 is 16.2 Å². The molecule has 174 valence electrons. The molecule has 1 aromatic rings. The van der Waals surface area contributed by atoms with Crippen molar-refractivity contribution in [1.29, 1.82) is 0 Å². The highest BCUT2D eigenvalue weighted by Crippen LogP contribution is 2.42. The smallest absolute Gasteiger partial charge is 0.414 e. The van der Waals surface area contributed by atoms with Gasteiger partial charge in [0.25, 0.3) is 5.91 Å². The summed E-state index contributed by atoms with van der Waals surface area (Å²) in [5.41, 5.74) is 3.84. The summed E-state index contributed by atoms with van der Waals surface area (Å²) in [7, 11) is -3.58. The molecule has 2 amide bonds. The number of halogens is 3. The van der Waals surface area contributed by atoms with Gasteiger partial charge in [-0.3, -0.25) is 19.2 Å². The number of carboxylic acid groups (broad SMARTS) is 1. The highest BCUT2D eigenvalue weighted by atomic mass is 32.2. The molecule has 3 rings (SSSR count). The van der Waals surface area contributed by atoms with E-state index in [1.165, 1.54) is 24.3 Å². The van der Waals surface area contributed by atoms with Crippen molar-refractivity contribution < 1.29 is 41.1 Å². The summed E-state index contributed by atoms with van der Waals surface area (Å²) in [6.07, 6.45) is -4.77.